The summed E-state index contributed by atoms with van der Waals surface area (Å²) in [5, 5.41) is 22.3. The number of benzene rings is 2. The molecule has 1 saturated heterocycles. The summed E-state index contributed by atoms with van der Waals surface area (Å²) in [5.74, 6) is -5.64. The normalized spacial score (nSPS) is 22.7. The van der Waals surface area contributed by atoms with Crippen molar-refractivity contribution in [2.45, 2.75) is 55.9 Å². The predicted octanol–water partition coefficient (Wildman–Crippen LogP) is 4.33. The summed E-state index contributed by atoms with van der Waals surface area (Å²) >= 11 is 1.87. The van der Waals surface area contributed by atoms with Crippen LogP contribution in [0.15, 0.2) is 24.3 Å². The van der Waals surface area contributed by atoms with Crippen molar-refractivity contribution in [3.05, 3.63) is 45.3 Å². The molecule has 1 saturated carbocycles. The van der Waals surface area contributed by atoms with Gasteiger partial charge in [0, 0.05) is 9.64 Å². The van der Waals surface area contributed by atoms with E-state index in [4.69, 9.17) is 9.47 Å². The standard InChI is InChI=1S/C22H24F3IN2O6S/c1-21(2)33-16(17(10-29)34-21)9-22(5-6-22)35(31,32)28-19-15(30)8-13(24)18(25)20(19)27-14-4-3-11(26)7-12(14)23/h3-4,7-8,16-17,27-30H,5-6,9-10H2,1-2H3/t16-,17-/m0/s1. The fourth-order valence-electron chi connectivity index (χ4n) is 4.13. The fourth-order valence-corrected chi connectivity index (χ4v) is 6.30. The van der Waals surface area contributed by atoms with Crippen LogP contribution in [0.1, 0.15) is 33.1 Å². The van der Waals surface area contributed by atoms with Gasteiger partial charge in [-0.2, -0.15) is 0 Å². The highest BCUT2D eigenvalue weighted by atomic mass is 127. The zero-order valence-corrected chi connectivity index (χ0v) is 21.7. The van der Waals surface area contributed by atoms with Crippen LogP contribution < -0.4 is 10.0 Å². The monoisotopic (exact) mass is 628 g/mol. The smallest absolute Gasteiger partial charge is 0.238 e. The number of rotatable bonds is 8. The average molecular weight is 628 g/mol. The Morgan fingerprint density at radius 1 is 1.09 bits per heavy atom. The van der Waals surface area contributed by atoms with Crippen molar-refractivity contribution < 1.29 is 41.3 Å². The van der Waals surface area contributed by atoms with Gasteiger partial charge in [0.2, 0.25) is 10.0 Å². The number of sulfonamides is 1. The SMILES string of the molecule is CC1(C)O[C@@H](CO)[C@H](CC2(S(=O)(=O)Nc3c(O)cc(F)c(F)c3Nc3ccc(I)cc3F)CC2)O1. The van der Waals surface area contributed by atoms with Gasteiger partial charge in [-0.3, -0.25) is 4.72 Å². The minimum atomic E-state index is -4.29. The van der Waals surface area contributed by atoms with Gasteiger partial charge in [-0.05, 0) is 73.9 Å². The minimum Gasteiger partial charge on any atom is -0.506 e. The molecule has 1 heterocycles. The van der Waals surface area contributed by atoms with Crippen LogP contribution in [0.3, 0.4) is 0 Å². The van der Waals surface area contributed by atoms with E-state index in [1.165, 1.54) is 12.1 Å². The molecule has 0 radical (unpaired) electrons. The maximum Gasteiger partial charge on any atom is 0.238 e. The van der Waals surface area contributed by atoms with Gasteiger partial charge < -0.3 is 25.0 Å². The summed E-state index contributed by atoms with van der Waals surface area (Å²) in [6, 6.07) is 4.36. The highest BCUT2D eigenvalue weighted by Gasteiger charge is 2.58. The summed E-state index contributed by atoms with van der Waals surface area (Å²) in [6.45, 7) is 2.91. The van der Waals surface area contributed by atoms with Crippen molar-refractivity contribution in [2.75, 3.05) is 16.6 Å². The van der Waals surface area contributed by atoms with Gasteiger partial charge in [0.05, 0.1) is 23.1 Å². The zero-order valence-electron chi connectivity index (χ0n) is 18.7. The number of anilines is 3. The number of hydrogen-bond donors (Lipinski definition) is 4. The first-order valence-corrected chi connectivity index (χ1v) is 13.3. The molecule has 1 aliphatic heterocycles. The molecule has 0 unspecified atom stereocenters. The molecular formula is C22H24F3IN2O6S. The molecule has 2 aromatic carbocycles. The van der Waals surface area contributed by atoms with Gasteiger partial charge >= 0.3 is 0 Å². The Hall–Kier alpha value is -1.81. The van der Waals surface area contributed by atoms with Gasteiger partial charge in [-0.1, -0.05) is 0 Å². The number of phenols is 1. The summed E-state index contributed by atoms with van der Waals surface area (Å²) in [4.78, 5) is 0. The third-order valence-electron chi connectivity index (χ3n) is 6.04. The van der Waals surface area contributed by atoms with Crippen LogP contribution >= 0.6 is 22.6 Å². The molecule has 4 rings (SSSR count). The third kappa shape index (κ3) is 5.19. The first-order chi connectivity index (χ1) is 16.3. The second kappa shape index (κ2) is 9.25. The number of hydrogen-bond acceptors (Lipinski definition) is 7. The van der Waals surface area contributed by atoms with Crippen LogP contribution in [-0.2, 0) is 19.5 Å². The van der Waals surface area contributed by atoms with Crippen molar-refractivity contribution >= 4 is 49.7 Å². The Morgan fingerprint density at radius 3 is 2.34 bits per heavy atom. The molecule has 0 amide bonds. The lowest BCUT2D eigenvalue weighted by molar-refractivity contribution is -0.149. The van der Waals surface area contributed by atoms with Crippen LogP contribution in [0, 0.1) is 21.0 Å². The van der Waals surface area contributed by atoms with Crippen LogP contribution in [0.4, 0.5) is 30.2 Å². The summed E-state index contributed by atoms with van der Waals surface area (Å²) in [6.07, 6.45) is -1.03. The molecule has 192 valence electrons. The molecule has 1 aliphatic carbocycles. The Morgan fingerprint density at radius 2 is 1.74 bits per heavy atom. The largest absolute Gasteiger partial charge is 0.506 e. The van der Waals surface area contributed by atoms with E-state index in [0.717, 1.165) is 6.07 Å². The number of aliphatic hydroxyl groups is 1. The van der Waals surface area contributed by atoms with E-state index in [1.54, 1.807) is 13.8 Å². The van der Waals surface area contributed by atoms with E-state index < -0.39 is 67.3 Å². The molecule has 4 N–H and O–H groups in total. The molecule has 0 bridgehead atoms. The van der Waals surface area contributed by atoms with E-state index >= 15 is 0 Å². The van der Waals surface area contributed by atoms with Crippen LogP contribution in [0.5, 0.6) is 5.75 Å². The first-order valence-electron chi connectivity index (χ1n) is 10.7. The van der Waals surface area contributed by atoms with E-state index in [1.807, 2.05) is 22.6 Å². The maximum atomic E-state index is 14.8. The highest BCUT2D eigenvalue weighted by molar-refractivity contribution is 14.1. The Kier molecular flexibility index (Phi) is 6.94. The number of nitrogens with one attached hydrogen (secondary N) is 2. The highest BCUT2D eigenvalue weighted by Crippen LogP contribution is 2.51. The number of phenolic OH excluding ortho intramolecular Hbond substituents is 1. The summed E-state index contributed by atoms with van der Waals surface area (Å²) < 4.78 is 82.8. The average Bonchev–Trinajstić information content (AvgIpc) is 3.49. The Balaban J connectivity index is 1.66. The lowest BCUT2D eigenvalue weighted by Gasteiger charge is -2.24. The summed E-state index contributed by atoms with van der Waals surface area (Å²) in [5.41, 5.74) is -1.67. The number of halogens is 4. The Bertz CT molecular complexity index is 1260. The topological polar surface area (TPSA) is 117 Å². The van der Waals surface area contributed by atoms with Crippen molar-refractivity contribution in [2.24, 2.45) is 0 Å². The molecule has 0 spiro atoms. The molecule has 0 aromatic heterocycles. The van der Waals surface area contributed by atoms with Gasteiger partial charge in [0.1, 0.15) is 29.0 Å². The maximum absolute atomic E-state index is 14.8. The lowest BCUT2D eigenvalue weighted by Crippen LogP contribution is -2.37. The van der Waals surface area contributed by atoms with E-state index in [-0.39, 0.29) is 31.6 Å². The van der Waals surface area contributed by atoms with Crippen molar-refractivity contribution in [1.82, 2.24) is 0 Å². The third-order valence-corrected chi connectivity index (χ3v) is 8.90. The lowest BCUT2D eigenvalue weighted by atomic mass is 10.1. The Labute approximate surface area is 214 Å². The van der Waals surface area contributed by atoms with Crippen molar-refractivity contribution in [3.63, 3.8) is 0 Å². The molecule has 8 nitrogen and oxygen atoms in total. The van der Waals surface area contributed by atoms with Crippen molar-refractivity contribution in [1.29, 1.82) is 0 Å². The molecule has 2 atom stereocenters. The van der Waals surface area contributed by atoms with Gasteiger partial charge in [0.25, 0.3) is 0 Å². The van der Waals surface area contributed by atoms with E-state index in [9.17, 15) is 31.8 Å². The number of ether oxygens (including phenoxy) is 2. The molecule has 2 fully saturated rings. The quantitative estimate of drug-likeness (QED) is 0.254. The van der Waals surface area contributed by atoms with Crippen LogP contribution in [-0.4, -0.2) is 48.0 Å². The zero-order chi connectivity index (χ0) is 25.8. The second-order valence-electron chi connectivity index (χ2n) is 9.08. The molecule has 35 heavy (non-hydrogen) atoms. The van der Waals surface area contributed by atoms with Crippen LogP contribution in [0.2, 0.25) is 0 Å². The van der Waals surface area contributed by atoms with E-state index in [2.05, 4.69) is 10.0 Å². The minimum absolute atomic E-state index is 0.0318. The number of aromatic hydroxyl groups is 1. The molecular weight excluding hydrogens is 604 g/mol. The molecule has 2 aromatic rings. The van der Waals surface area contributed by atoms with Gasteiger partial charge in [-0.25, -0.2) is 21.6 Å². The first kappa shape index (κ1) is 26.3. The fraction of sp³-hybridized carbons (Fsp3) is 0.455. The van der Waals surface area contributed by atoms with Crippen LogP contribution in [0.25, 0.3) is 0 Å². The molecule has 2 aliphatic rings. The summed E-state index contributed by atoms with van der Waals surface area (Å²) in [7, 11) is -4.29. The van der Waals surface area contributed by atoms with E-state index in [0.29, 0.717) is 9.64 Å². The molecule has 13 heteroatoms. The second-order valence-corrected chi connectivity index (χ2v) is 12.4. The van der Waals surface area contributed by atoms with Gasteiger partial charge in [-0.15, -0.1) is 0 Å². The van der Waals surface area contributed by atoms with Crippen molar-refractivity contribution in [3.8, 4) is 5.75 Å². The van der Waals surface area contributed by atoms with Gasteiger partial charge in [0.15, 0.2) is 17.4 Å². The predicted molar refractivity (Wildman–Crippen MR) is 130 cm³/mol. The number of aliphatic hydroxyl groups excluding tert-OH is 1.